The second-order valence-electron chi connectivity index (χ2n) is 2.27. The van der Waals surface area contributed by atoms with Gasteiger partial charge in [-0.15, -0.1) is 0 Å². The minimum Gasteiger partial charge on any atom is -0.396 e. The monoisotopic (exact) mass is 230 g/mol. The molecule has 0 bridgehead atoms. The number of aliphatic hydroxyl groups is 7. The molecule has 0 aliphatic carbocycles. The first-order chi connectivity index (χ1) is 7.14. The van der Waals surface area contributed by atoms with Gasteiger partial charge in [0.25, 0.3) is 0 Å². The van der Waals surface area contributed by atoms with Crippen molar-refractivity contribution in [3.05, 3.63) is 0 Å². The second-order valence-corrected chi connectivity index (χ2v) is 2.27. The Morgan fingerprint density at radius 1 is 0.600 bits per heavy atom. The summed E-state index contributed by atoms with van der Waals surface area (Å²) in [5.74, 6) is 0. The number of hydrogen-bond acceptors (Lipinski definition) is 7. The lowest BCUT2D eigenvalue weighted by Gasteiger charge is -1.96. The highest BCUT2D eigenvalue weighted by Gasteiger charge is 1.93. The molecule has 15 heavy (non-hydrogen) atoms. The van der Waals surface area contributed by atoms with E-state index < -0.39 is 6.10 Å². The van der Waals surface area contributed by atoms with Gasteiger partial charge in [-0.2, -0.15) is 0 Å². The van der Waals surface area contributed by atoms with E-state index in [1.807, 2.05) is 0 Å². The van der Waals surface area contributed by atoms with Gasteiger partial charge in [0.05, 0.1) is 26.4 Å². The van der Waals surface area contributed by atoms with Crippen molar-refractivity contribution in [2.24, 2.45) is 0 Å². The molecule has 0 radical (unpaired) electrons. The van der Waals surface area contributed by atoms with Crippen molar-refractivity contribution in [3.63, 3.8) is 0 Å². The van der Waals surface area contributed by atoms with Gasteiger partial charge in [0.15, 0.2) is 0 Å². The molecular weight excluding hydrogens is 208 g/mol. The molecular formula is C8H22O7. The summed E-state index contributed by atoms with van der Waals surface area (Å²) in [7, 11) is 0. The Hall–Kier alpha value is -0.280. The third-order valence-corrected chi connectivity index (χ3v) is 0.838. The Bertz CT molecular complexity index is 73.4. The summed E-state index contributed by atoms with van der Waals surface area (Å²) in [5, 5.41) is 55.1. The van der Waals surface area contributed by atoms with E-state index in [4.69, 9.17) is 35.7 Å². The predicted octanol–water partition coefficient (Wildman–Crippen LogP) is -3.34. The molecule has 7 N–H and O–H groups in total. The Balaban J connectivity index is -0.000000147. The Labute approximate surface area is 88.9 Å². The molecule has 0 unspecified atom stereocenters. The van der Waals surface area contributed by atoms with Gasteiger partial charge < -0.3 is 35.7 Å². The highest BCUT2D eigenvalue weighted by molar-refractivity contribution is 4.44. The SMILES string of the molecule is OCC(O)CO.OCCCO.OCCO. The smallest absolute Gasteiger partial charge is 0.100 e. The second kappa shape index (κ2) is 23.5. The lowest BCUT2D eigenvalue weighted by atomic mass is 10.4. The van der Waals surface area contributed by atoms with E-state index in [-0.39, 0.29) is 39.6 Å². The van der Waals surface area contributed by atoms with Gasteiger partial charge in [-0.1, -0.05) is 0 Å². The molecule has 0 spiro atoms. The van der Waals surface area contributed by atoms with Crippen molar-refractivity contribution in [1.29, 1.82) is 0 Å². The molecule has 0 aliphatic rings. The fourth-order valence-corrected chi connectivity index (χ4v) is 0.128. The third kappa shape index (κ3) is 41.7. The van der Waals surface area contributed by atoms with E-state index >= 15 is 0 Å². The molecule has 7 heteroatoms. The molecule has 0 fully saturated rings. The van der Waals surface area contributed by atoms with Crippen LogP contribution in [0.2, 0.25) is 0 Å². The highest BCUT2D eigenvalue weighted by Crippen LogP contribution is 1.71. The predicted molar refractivity (Wildman–Crippen MR) is 53.1 cm³/mol. The molecule has 0 atom stereocenters. The van der Waals surface area contributed by atoms with E-state index in [0.29, 0.717) is 6.42 Å². The Morgan fingerprint density at radius 3 is 0.933 bits per heavy atom. The molecule has 0 amide bonds. The molecule has 0 aliphatic heterocycles. The zero-order chi connectivity index (χ0) is 12.5. The van der Waals surface area contributed by atoms with Crippen LogP contribution in [0.3, 0.4) is 0 Å². The van der Waals surface area contributed by atoms with Crippen molar-refractivity contribution >= 4 is 0 Å². The number of hydrogen-bond donors (Lipinski definition) is 7. The third-order valence-electron chi connectivity index (χ3n) is 0.838. The van der Waals surface area contributed by atoms with Gasteiger partial charge in [-0.05, 0) is 6.42 Å². The average Bonchev–Trinajstić information content (AvgIpc) is 2.30. The molecule has 7 nitrogen and oxygen atoms in total. The standard InChI is InChI=1S/C3H8O3.C3H8O2.C2H6O2/c4-1-3(6)2-5;4-2-1-3-5;3-1-2-4/h3-6H,1-2H2;4-5H,1-3H2;3-4H,1-2H2. The van der Waals surface area contributed by atoms with Crippen LogP contribution in [0.4, 0.5) is 0 Å². The summed E-state index contributed by atoms with van der Waals surface area (Å²) in [4.78, 5) is 0. The summed E-state index contributed by atoms with van der Waals surface area (Å²) in [5.41, 5.74) is 0. The van der Waals surface area contributed by atoms with Gasteiger partial charge in [0.1, 0.15) is 6.10 Å². The van der Waals surface area contributed by atoms with Crippen molar-refractivity contribution in [2.45, 2.75) is 12.5 Å². The van der Waals surface area contributed by atoms with Gasteiger partial charge in [0, 0.05) is 13.2 Å². The summed E-state index contributed by atoms with van der Waals surface area (Å²) >= 11 is 0. The molecule has 96 valence electrons. The molecule has 0 aromatic rings. The average molecular weight is 230 g/mol. The number of aliphatic hydroxyl groups excluding tert-OH is 7. The van der Waals surface area contributed by atoms with Crippen LogP contribution in [0, 0.1) is 0 Å². The molecule has 0 saturated carbocycles. The van der Waals surface area contributed by atoms with Crippen LogP contribution < -0.4 is 0 Å². The molecule has 0 rings (SSSR count). The Morgan fingerprint density at radius 2 is 0.933 bits per heavy atom. The zero-order valence-corrected chi connectivity index (χ0v) is 8.66. The maximum Gasteiger partial charge on any atom is 0.100 e. The van der Waals surface area contributed by atoms with Crippen molar-refractivity contribution < 1.29 is 35.7 Å². The van der Waals surface area contributed by atoms with Gasteiger partial charge in [-0.25, -0.2) is 0 Å². The summed E-state index contributed by atoms with van der Waals surface area (Å²) in [6.45, 7) is -0.792. The first-order valence-corrected chi connectivity index (χ1v) is 4.47. The fourth-order valence-electron chi connectivity index (χ4n) is 0.128. The lowest BCUT2D eigenvalue weighted by molar-refractivity contribution is 0.0450. The van der Waals surface area contributed by atoms with Crippen LogP contribution in [0.15, 0.2) is 0 Å². The van der Waals surface area contributed by atoms with Crippen molar-refractivity contribution in [2.75, 3.05) is 39.6 Å². The summed E-state index contributed by atoms with van der Waals surface area (Å²) in [6, 6.07) is 0. The number of rotatable bonds is 5. The first kappa shape index (κ1) is 20.2. The van der Waals surface area contributed by atoms with Crippen LogP contribution in [0.1, 0.15) is 6.42 Å². The molecule has 0 saturated heterocycles. The van der Waals surface area contributed by atoms with Gasteiger partial charge >= 0.3 is 0 Å². The van der Waals surface area contributed by atoms with Crippen LogP contribution >= 0.6 is 0 Å². The fraction of sp³-hybridized carbons (Fsp3) is 1.00. The van der Waals surface area contributed by atoms with Gasteiger partial charge in [0.2, 0.25) is 0 Å². The van der Waals surface area contributed by atoms with Gasteiger partial charge in [-0.3, -0.25) is 0 Å². The Kier molecular flexibility index (Phi) is 31.6. The van der Waals surface area contributed by atoms with Crippen LogP contribution in [-0.4, -0.2) is 81.5 Å². The van der Waals surface area contributed by atoms with E-state index in [1.54, 1.807) is 0 Å². The minimum absolute atomic E-state index is 0.0938. The zero-order valence-electron chi connectivity index (χ0n) is 8.66. The van der Waals surface area contributed by atoms with E-state index in [0.717, 1.165) is 0 Å². The van der Waals surface area contributed by atoms with Crippen molar-refractivity contribution in [3.8, 4) is 0 Å². The van der Waals surface area contributed by atoms with E-state index in [9.17, 15) is 0 Å². The molecule has 0 aromatic heterocycles. The highest BCUT2D eigenvalue weighted by atomic mass is 16.3. The molecule has 0 aromatic carbocycles. The lowest BCUT2D eigenvalue weighted by Crippen LogP contribution is -2.15. The molecule has 0 heterocycles. The van der Waals surface area contributed by atoms with E-state index in [2.05, 4.69) is 0 Å². The normalized spacial score (nSPS) is 8.80. The largest absolute Gasteiger partial charge is 0.396 e. The maximum atomic E-state index is 8.17. The first-order valence-electron chi connectivity index (χ1n) is 4.47. The maximum absolute atomic E-state index is 8.17. The topological polar surface area (TPSA) is 142 Å². The minimum atomic E-state index is -0.954. The van der Waals surface area contributed by atoms with Crippen molar-refractivity contribution in [1.82, 2.24) is 0 Å². The summed E-state index contributed by atoms with van der Waals surface area (Å²) < 4.78 is 0. The van der Waals surface area contributed by atoms with Crippen LogP contribution in [0.5, 0.6) is 0 Å². The summed E-state index contributed by atoms with van der Waals surface area (Å²) in [6.07, 6.45) is -0.454. The van der Waals surface area contributed by atoms with E-state index in [1.165, 1.54) is 0 Å². The quantitative estimate of drug-likeness (QED) is 0.262. The van der Waals surface area contributed by atoms with Crippen LogP contribution in [-0.2, 0) is 0 Å². The van der Waals surface area contributed by atoms with Crippen LogP contribution in [0.25, 0.3) is 0 Å².